The van der Waals surface area contributed by atoms with E-state index in [9.17, 15) is 4.79 Å². The number of carbonyl (C=O) groups is 1. The molecule has 0 unspecified atom stereocenters. The molecule has 4 nitrogen and oxygen atoms in total. The highest BCUT2D eigenvalue weighted by molar-refractivity contribution is 5.91. The molecule has 4 heteroatoms. The number of ether oxygens (including phenoxy) is 1. The van der Waals surface area contributed by atoms with Crippen LogP contribution in [0.4, 0.5) is 0 Å². The van der Waals surface area contributed by atoms with Crippen molar-refractivity contribution >= 4 is 12.0 Å². The van der Waals surface area contributed by atoms with Crippen LogP contribution in [0.2, 0.25) is 0 Å². The number of hydrogen-bond donors (Lipinski definition) is 2. The molecular formula is C19H21NO3. The van der Waals surface area contributed by atoms with E-state index in [1.54, 1.807) is 6.08 Å². The van der Waals surface area contributed by atoms with Crippen molar-refractivity contribution in [1.82, 2.24) is 5.32 Å². The largest absolute Gasteiger partial charge is 0.489 e. The SMILES string of the molecule is O=C(/C=C/c1cccc(OCc2ccccc2)c1)NCCCO. The van der Waals surface area contributed by atoms with Crippen LogP contribution in [0.15, 0.2) is 60.7 Å². The number of benzene rings is 2. The van der Waals surface area contributed by atoms with E-state index in [0.29, 0.717) is 19.6 Å². The van der Waals surface area contributed by atoms with Crippen LogP contribution in [0.1, 0.15) is 17.5 Å². The molecular weight excluding hydrogens is 290 g/mol. The Hall–Kier alpha value is -2.59. The maximum absolute atomic E-state index is 11.6. The van der Waals surface area contributed by atoms with Crippen molar-refractivity contribution in [2.45, 2.75) is 13.0 Å². The number of nitrogens with one attached hydrogen (secondary N) is 1. The highest BCUT2D eigenvalue weighted by atomic mass is 16.5. The number of amides is 1. The molecule has 0 spiro atoms. The molecule has 0 saturated carbocycles. The van der Waals surface area contributed by atoms with Crippen LogP contribution in [0.5, 0.6) is 5.75 Å². The Balaban J connectivity index is 1.88. The molecule has 0 atom stereocenters. The summed E-state index contributed by atoms with van der Waals surface area (Å²) in [6.07, 6.45) is 3.78. The predicted octanol–water partition coefficient (Wildman–Crippen LogP) is 2.78. The molecule has 2 N–H and O–H groups in total. The summed E-state index contributed by atoms with van der Waals surface area (Å²) in [5.41, 5.74) is 2.00. The smallest absolute Gasteiger partial charge is 0.244 e. The molecule has 1 amide bonds. The summed E-state index contributed by atoms with van der Waals surface area (Å²) >= 11 is 0. The molecule has 0 aliphatic heterocycles. The average Bonchev–Trinajstić information content (AvgIpc) is 2.60. The first kappa shape index (κ1) is 16.8. The van der Waals surface area contributed by atoms with Gasteiger partial charge in [0.05, 0.1) is 0 Å². The first-order valence-electron chi connectivity index (χ1n) is 7.61. The van der Waals surface area contributed by atoms with Crippen LogP contribution in [-0.4, -0.2) is 24.2 Å². The Kier molecular flexibility index (Phi) is 6.88. The van der Waals surface area contributed by atoms with Gasteiger partial charge in [-0.25, -0.2) is 0 Å². The Labute approximate surface area is 136 Å². The van der Waals surface area contributed by atoms with Gasteiger partial charge in [-0.1, -0.05) is 42.5 Å². The van der Waals surface area contributed by atoms with Gasteiger partial charge in [-0.15, -0.1) is 0 Å². The second-order valence-electron chi connectivity index (χ2n) is 5.05. The van der Waals surface area contributed by atoms with Gasteiger partial charge in [0.25, 0.3) is 0 Å². The molecule has 0 aliphatic carbocycles. The second-order valence-corrected chi connectivity index (χ2v) is 5.05. The van der Waals surface area contributed by atoms with E-state index < -0.39 is 0 Å². The fourth-order valence-corrected chi connectivity index (χ4v) is 1.97. The molecule has 2 aromatic carbocycles. The summed E-state index contributed by atoms with van der Waals surface area (Å²) in [5, 5.41) is 11.4. The number of hydrogen-bond acceptors (Lipinski definition) is 3. The van der Waals surface area contributed by atoms with Gasteiger partial charge < -0.3 is 15.2 Å². The summed E-state index contributed by atoms with van der Waals surface area (Å²) < 4.78 is 5.76. The minimum absolute atomic E-state index is 0.0742. The lowest BCUT2D eigenvalue weighted by molar-refractivity contribution is -0.116. The third-order valence-corrected chi connectivity index (χ3v) is 3.17. The fourth-order valence-electron chi connectivity index (χ4n) is 1.97. The van der Waals surface area contributed by atoms with E-state index in [1.165, 1.54) is 6.08 Å². The maximum Gasteiger partial charge on any atom is 0.244 e. The van der Waals surface area contributed by atoms with Crippen molar-refractivity contribution < 1.29 is 14.6 Å². The van der Waals surface area contributed by atoms with Gasteiger partial charge in [0.2, 0.25) is 5.91 Å². The topological polar surface area (TPSA) is 58.6 Å². The van der Waals surface area contributed by atoms with E-state index in [0.717, 1.165) is 16.9 Å². The van der Waals surface area contributed by atoms with Crippen molar-refractivity contribution in [3.63, 3.8) is 0 Å². The van der Waals surface area contributed by atoms with Gasteiger partial charge >= 0.3 is 0 Å². The standard InChI is InChI=1S/C19H21NO3/c21-13-5-12-20-19(22)11-10-16-8-4-9-18(14-16)23-15-17-6-2-1-3-7-17/h1-4,6-11,14,21H,5,12-13,15H2,(H,20,22)/b11-10+. The third-order valence-electron chi connectivity index (χ3n) is 3.17. The van der Waals surface area contributed by atoms with Crippen LogP contribution >= 0.6 is 0 Å². The fraction of sp³-hybridized carbons (Fsp3) is 0.211. The minimum atomic E-state index is -0.172. The van der Waals surface area contributed by atoms with E-state index in [-0.39, 0.29) is 12.5 Å². The third kappa shape index (κ3) is 6.36. The normalized spacial score (nSPS) is 10.7. The van der Waals surface area contributed by atoms with Crippen molar-refractivity contribution in [3.8, 4) is 5.75 Å². The lowest BCUT2D eigenvalue weighted by Crippen LogP contribution is -2.22. The summed E-state index contributed by atoms with van der Waals surface area (Å²) in [5.74, 6) is 0.589. The van der Waals surface area contributed by atoms with Crippen molar-refractivity contribution in [1.29, 1.82) is 0 Å². The van der Waals surface area contributed by atoms with Crippen LogP contribution in [0.3, 0.4) is 0 Å². The molecule has 120 valence electrons. The van der Waals surface area contributed by atoms with E-state index in [4.69, 9.17) is 9.84 Å². The first-order valence-corrected chi connectivity index (χ1v) is 7.61. The maximum atomic E-state index is 11.6. The van der Waals surface area contributed by atoms with E-state index in [1.807, 2.05) is 54.6 Å². The van der Waals surface area contributed by atoms with Gasteiger partial charge in [0.1, 0.15) is 12.4 Å². The van der Waals surface area contributed by atoms with Gasteiger partial charge in [-0.3, -0.25) is 4.79 Å². The van der Waals surface area contributed by atoms with Crippen molar-refractivity contribution in [2.75, 3.05) is 13.2 Å². The van der Waals surface area contributed by atoms with Gasteiger partial charge in [0.15, 0.2) is 0 Å². The molecule has 23 heavy (non-hydrogen) atoms. The minimum Gasteiger partial charge on any atom is -0.489 e. The number of aliphatic hydroxyl groups is 1. The zero-order chi connectivity index (χ0) is 16.3. The molecule has 0 saturated heterocycles. The van der Waals surface area contributed by atoms with Gasteiger partial charge in [-0.05, 0) is 35.8 Å². The molecule has 0 radical (unpaired) electrons. The Morgan fingerprint density at radius 1 is 1.13 bits per heavy atom. The molecule has 0 aromatic heterocycles. The Morgan fingerprint density at radius 3 is 2.74 bits per heavy atom. The summed E-state index contributed by atoms with van der Waals surface area (Å²) in [4.78, 5) is 11.6. The monoisotopic (exact) mass is 311 g/mol. The summed E-state index contributed by atoms with van der Waals surface area (Å²) in [7, 11) is 0. The lowest BCUT2D eigenvalue weighted by atomic mass is 10.2. The lowest BCUT2D eigenvalue weighted by Gasteiger charge is -2.07. The van der Waals surface area contributed by atoms with E-state index in [2.05, 4.69) is 5.32 Å². The molecule has 0 fully saturated rings. The van der Waals surface area contributed by atoms with Gasteiger partial charge in [-0.2, -0.15) is 0 Å². The zero-order valence-electron chi connectivity index (χ0n) is 12.9. The highest BCUT2D eigenvalue weighted by Gasteiger charge is 1.98. The average molecular weight is 311 g/mol. The molecule has 0 bridgehead atoms. The van der Waals surface area contributed by atoms with Crippen LogP contribution < -0.4 is 10.1 Å². The first-order chi connectivity index (χ1) is 11.3. The van der Waals surface area contributed by atoms with Crippen molar-refractivity contribution in [3.05, 3.63) is 71.8 Å². The van der Waals surface area contributed by atoms with Crippen LogP contribution in [0, 0.1) is 0 Å². The molecule has 2 rings (SSSR count). The number of carbonyl (C=O) groups excluding carboxylic acids is 1. The Morgan fingerprint density at radius 2 is 1.96 bits per heavy atom. The van der Waals surface area contributed by atoms with Crippen LogP contribution in [-0.2, 0) is 11.4 Å². The molecule has 2 aromatic rings. The quantitative estimate of drug-likeness (QED) is 0.582. The summed E-state index contributed by atoms with van der Waals surface area (Å²) in [6, 6.07) is 17.5. The van der Waals surface area contributed by atoms with Crippen LogP contribution in [0.25, 0.3) is 6.08 Å². The van der Waals surface area contributed by atoms with Crippen molar-refractivity contribution in [2.24, 2.45) is 0 Å². The number of aliphatic hydroxyl groups excluding tert-OH is 1. The van der Waals surface area contributed by atoms with E-state index >= 15 is 0 Å². The number of rotatable bonds is 8. The predicted molar refractivity (Wildman–Crippen MR) is 91.0 cm³/mol. The zero-order valence-corrected chi connectivity index (χ0v) is 12.9. The Bertz CT molecular complexity index is 638. The molecule has 0 heterocycles. The summed E-state index contributed by atoms with van der Waals surface area (Å²) in [6.45, 7) is 1.06. The van der Waals surface area contributed by atoms with Gasteiger partial charge in [0, 0.05) is 19.2 Å². The second kappa shape index (κ2) is 9.43. The molecule has 0 aliphatic rings. The highest BCUT2D eigenvalue weighted by Crippen LogP contribution is 2.16.